The highest BCUT2D eigenvalue weighted by atomic mass is 35.5. The zero-order chi connectivity index (χ0) is 24.2. The molecule has 33 heavy (non-hydrogen) atoms. The Morgan fingerprint density at radius 3 is 2.18 bits per heavy atom. The van der Waals surface area contributed by atoms with Crippen LogP contribution in [0, 0.1) is 12.8 Å². The van der Waals surface area contributed by atoms with Gasteiger partial charge in [0.2, 0.25) is 15.9 Å². The van der Waals surface area contributed by atoms with Gasteiger partial charge in [0, 0.05) is 36.8 Å². The number of piperazine rings is 1. The van der Waals surface area contributed by atoms with E-state index in [-0.39, 0.29) is 22.6 Å². The molecule has 9 heteroatoms. The molecule has 0 radical (unpaired) electrons. The molecule has 1 saturated heterocycles. The van der Waals surface area contributed by atoms with Crippen molar-refractivity contribution in [2.24, 2.45) is 5.92 Å². The molecule has 0 unspecified atom stereocenters. The number of carbonyl (C=O) groups excluding carboxylic acids is 2. The van der Waals surface area contributed by atoms with Crippen LogP contribution in [0.15, 0.2) is 53.4 Å². The summed E-state index contributed by atoms with van der Waals surface area (Å²) in [5.41, 5.74) is 1.46. The van der Waals surface area contributed by atoms with E-state index < -0.39 is 16.1 Å². The highest BCUT2D eigenvalue weighted by Crippen LogP contribution is 2.17. The number of carbonyl (C=O) groups is 2. The number of rotatable bonds is 7. The molecule has 1 atom stereocenters. The number of hydrogen-bond donors (Lipinski definition) is 1. The number of sulfonamides is 1. The van der Waals surface area contributed by atoms with Crippen LogP contribution >= 0.6 is 11.6 Å². The largest absolute Gasteiger partial charge is 0.338 e. The predicted molar refractivity (Wildman–Crippen MR) is 129 cm³/mol. The number of amides is 2. The molecule has 2 aromatic rings. The van der Waals surface area contributed by atoms with E-state index in [0.29, 0.717) is 43.2 Å². The summed E-state index contributed by atoms with van der Waals surface area (Å²) in [5, 5.41) is 0.493. The Morgan fingerprint density at radius 1 is 1.00 bits per heavy atom. The lowest BCUT2D eigenvalue weighted by Gasteiger charge is -2.36. The molecule has 178 valence electrons. The van der Waals surface area contributed by atoms with E-state index in [1.54, 1.807) is 46.2 Å². The minimum atomic E-state index is -3.84. The second-order valence-electron chi connectivity index (χ2n) is 8.74. The lowest BCUT2D eigenvalue weighted by atomic mass is 10.0. The third-order valence-electron chi connectivity index (χ3n) is 5.58. The summed E-state index contributed by atoms with van der Waals surface area (Å²) < 4.78 is 28.4. The van der Waals surface area contributed by atoms with Gasteiger partial charge in [0.15, 0.2) is 0 Å². The van der Waals surface area contributed by atoms with E-state index in [4.69, 9.17) is 11.6 Å². The molecule has 1 heterocycles. The minimum Gasteiger partial charge on any atom is -0.338 e. The number of aryl methyl sites for hydroxylation is 1. The maximum absolute atomic E-state index is 13.3. The van der Waals surface area contributed by atoms with Gasteiger partial charge in [-0.15, -0.1) is 0 Å². The second-order valence-corrected chi connectivity index (χ2v) is 10.9. The van der Waals surface area contributed by atoms with Crippen LogP contribution in [-0.2, 0) is 14.8 Å². The smallest absolute Gasteiger partial charge is 0.254 e. The number of benzene rings is 2. The lowest BCUT2D eigenvalue weighted by Crippen LogP contribution is -2.56. The molecule has 2 aromatic carbocycles. The van der Waals surface area contributed by atoms with Gasteiger partial charge in [0.05, 0.1) is 4.90 Å². The zero-order valence-corrected chi connectivity index (χ0v) is 20.7. The maximum Gasteiger partial charge on any atom is 0.254 e. The fourth-order valence-corrected chi connectivity index (χ4v) is 5.19. The van der Waals surface area contributed by atoms with E-state index in [9.17, 15) is 18.0 Å². The molecule has 2 amide bonds. The van der Waals surface area contributed by atoms with E-state index in [0.717, 1.165) is 5.56 Å². The van der Waals surface area contributed by atoms with Crippen molar-refractivity contribution >= 4 is 33.4 Å². The topological polar surface area (TPSA) is 86.8 Å². The highest BCUT2D eigenvalue weighted by Gasteiger charge is 2.32. The summed E-state index contributed by atoms with van der Waals surface area (Å²) in [6, 6.07) is 12.4. The quantitative estimate of drug-likeness (QED) is 0.643. The summed E-state index contributed by atoms with van der Waals surface area (Å²) in [6.45, 7) is 7.19. The van der Waals surface area contributed by atoms with Crippen molar-refractivity contribution in [3.8, 4) is 0 Å². The van der Waals surface area contributed by atoms with Gasteiger partial charge >= 0.3 is 0 Å². The normalized spacial score (nSPS) is 15.5. The number of hydrogen-bond acceptors (Lipinski definition) is 4. The van der Waals surface area contributed by atoms with Crippen LogP contribution in [0.2, 0.25) is 5.02 Å². The average Bonchev–Trinajstić information content (AvgIpc) is 2.77. The van der Waals surface area contributed by atoms with Gasteiger partial charge in [0.25, 0.3) is 5.91 Å². The van der Waals surface area contributed by atoms with Crippen LogP contribution in [0.4, 0.5) is 0 Å². The molecular weight excluding hydrogens is 462 g/mol. The Hall–Kier alpha value is -2.42. The summed E-state index contributed by atoms with van der Waals surface area (Å²) in [4.78, 5) is 29.5. The van der Waals surface area contributed by atoms with Gasteiger partial charge in [-0.1, -0.05) is 49.2 Å². The molecule has 1 fully saturated rings. The Labute approximate surface area is 200 Å². The standard InChI is InChI=1S/C24H30ClN3O4S/c1-17(2)15-22(26-33(31,32)21-9-7-18(3)8-10-21)24(30)28-13-11-27(12-14-28)23(29)19-5-4-6-20(25)16-19/h4-10,16-17,22,26H,11-15H2,1-3H3/t22-/m1/s1. The Morgan fingerprint density at radius 2 is 1.61 bits per heavy atom. The molecule has 3 rings (SSSR count). The molecule has 1 aliphatic heterocycles. The maximum atomic E-state index is 13.3. The zero-order valence-electron chi connectivity index (χ0n) is 19.1. The Bertz CT molecular complexity index is 1090. The van der Waals surface area contributed by atoms with Crippen molar-refractivity contribution in [2.75, 3.05) is 26.2 Å². The molecule has 0 aromatic heterocycles. The first-order chi connectivity index (χ1) is 15.6. The van der Waals surface area contributed by atoms with Crippen LogP contribution < -0.4 is 4.72 Å². The van der Waals surface area contributed by atoms with Crippen molar-refractivity contribution < 1.29 is 18.0 Å². The first-order valence-corrected chi connectivity index (χ1v) is 12.9. The highest BCUT2D eigenvalue weighted by molar-refractivity contribution is 7.89. The monoisotopic (exact) mass is 491 g/mol. The Kier molecular flexibility index (Phi) is 8.15. The first-order valence-electron chi connectivity index (χ1n) is 11.0. The van der Waals surface area contributed by atoms with Crippen LogP contribution in [0.25, 0.3) is 0 Å². The van der Waals surface area contributed by atoms with Gasteiger partial charge in [-0.2, -0.15) is 4.72 Å². The molecule has 0 bridgehead atoms. The fourth-order valence-electron chi connectivity index (χ4n) is 3.80. The van der Waals surface area contributed by atoms with E-state index in [1.165, 1.54) is 12.1 Å². The number of nitrogens with one attached hydrogen (secondary N) is 1. The second kappa shape index (κ2) is 10.7. The minimum absolute atomic E-state index is 0.116. The molecule has 1 aliphatic rings. The van der Waals surface area contributed by atoms with Gasteiger partial charge in [-0.3, -0.25) is 9.59 Å². The first kappa shape index (κ1) is 25.2. The number of halogens is 1. The molecule has 0 saturated carbocycles. The molecule has 0 aliphatic carbocycles. The van der Waals surface area contributed by atoms with Crippen LogP contribution in [-0.4, -0.2) is 62.3 Å². The molecule has 7 nitrogen and oxygen atoms in total. The fraction of sp³-hybridized carbons (Fsp3) is 0.417. The van der Waals surface area contributed by atoms with E-state index in [2.05, 4.69) is 4.72 Å². The van der Waals surface area contributed by atoms with Crippen molar-refractivity contribution in [3.63, 3.8) is 0 Å². The third-order valence-corrected chi connectivity index (χ3v) is 7.31. The SMILES string of the molecule is Cc1ccc(S(=O)(=O)N[C@H](CC(C)C)C(=O)N2CCN(C(=O)c3cccc(Cl)c3)CC2)cc1. The summed E-state index contributed by atoms with van der Waals surface area (Å²) in [5.74, 6) is -0.289. The van der Waals surface area contributed by atoms with Crippen molar-refractivity contribution in [1.82, 2.24) is 14.5 Å². The predicted octanol–water partition coefficient (Wildman–Crippen LogP) is 3.33. The lowest BCUT2D eigenvalue weighted by molar-refractivity contribution is -0.134. The van der Waals surface area contributed by atoms with Gasteiger partial charge in [0.1, 0.15) is 6.04 Å². The summed E-state index contributed by atoms with van der Waals surface area (Å²) >= 11 is 5.99. The van der Waals surface area contributed by atoms with Crippen molar-refractivity contribution in [3.05, 3.63) is 64.7 Å². The van der Waals surface area contributed by atoms with Crippen molar-refractivity contribution in [1.29, 1.82) is 0 Å². The van der Waals surface area contributed by atoms with Gasteiger partial charge in [-0.25, -0.2) is 8.42 Å². The van der Waals surface area contributed by atoms with Gasteiger partial charge < -0.3 is 9.80 Å². The van der Waals surface area contributed by atoms with E-state index in [1.807, 2.05) is 20.8 Å². The summed E-state index contributed by atoms with van der Waals surface area (Å²) in [7, 11) is -3.84. The molecule has 1 N–H and O–H groups in total. The number of nitrogens with zero attached hydrogens (tertiary/aromatic N) is 2. The van der Waals surface area contributed by atoms with Crippen LogP contribution in [0.1, 0.15) is 36.2 Å². The summed E-state index contributed by atoms with van der Waals surface area (Å²) in [6.07, 6.45) is 0.381. The third kappa shape index (κ3) is 6.56. The van der Waals surface area contributed by atoms with E-state index >= 15 is 0 Å². The Balaban J connectivity index is 1.67. The molecular formula is C24H30ClN3O4S. The molecule has 0 spiro atoms. The average molecular weight is 492 g/mol. The van der Waals surface area contributed by atoms with Gasteiger partial charge in [-0.05, 0) is 49.6 Å². The van der Waals surface area contributed by atoms with Crippen LogP contribution in [0.3, 0.4) is 0 Å². The van der Waals surface area contributed by atoms with Crippen molar-refractivity contribution in [2.45, 2.75) is 38.1 Å². The van der Waals surface area contributed by atoms with Crippen LogP contribution in [0.5, 0.6) is 0 Å².